The molecule has 0 bridgehead atoms. The Labute approximate surface area is 83.2 Å². The maximum Gasteiger partial charge on any atom is 0.161 e. The van der Waals surface area contributed by atoms with E-state index in [9.17, 15) is 0 Å². The van der Waals surface area contributed by atoms with Gasteiger partial charge >= 0.3 is 0 Å². The molecule has 0 aliphatic carbocycles. The van der Waals surface area contributed by atoms with Crippen molar-refractivity contribution >= 4 is 0 Å². The van der Waals surface area contributed by atoms with Crippen molar-refractivity contribution in [3.8, 4) is 11.4 Å². The van der Waals surface area contributed by atoms with Crippen LogP contribution in [0.2, 0.25) is 0 Å². The van der Waals surface area contributed by atoms with Gasteiger partial charge in [0.1, 0.15) is 6.33 Å². The first-order chi connectivity index (χ1) is 6.79. The molecule has 0 spiro atoms. The molecule has 2 rings (SSSR count). The Bertz CT molecular complexity index is 404. The number of H-pyrrole nitrogens is 1. The van der Waals surface area contributed by atoms with E-state index >= 15 is 0 Å². The molecule has 72 valence electrons. The fraction of sp³-hybridized carbons (Fsp3) is 0.273. The Hall–Kier alpha value is -1.64. The number of aromatic nitrogens is 3. The molecular formula is C11H13N3. The Balaban J connectivity index is 2.53. The fourth-order valence-electron chi connectivity index (χ4n) is 1.55. The zero-order valence-electron chi connectivity index (χ0n) is 8.36. The van der Waals surface area contributed by atoms with Gasteiger partial charge < -0.3 is 4.98 Å². The highest BCUT2D eigenvalue weighted by Crippen LogP contribution is 2.25. The van der Waals surface area contributed by atoms with Gasteiger partial charge in [0.15, 0.2) is 5.82 Å². The molecule has 0 aliphatic rings. The Morgan fingerprint density at radius 2 is 2.00 bits per heavy atom. The standard InChI is InChI=1S/C11H13N3/c1-8(2)9-5-3-4-6-10(9)11-12-7-13-14-11/h3-8H,1-2H3,(H,12,13,14). The first-order valence-corrected chi connectivity index (χ1v) is 4.74. The summed E-state index contributed by atoms with van der Waals surface area (Å²) in [6.07, 6.45) is 1.60. The SMILES string of the molecule is CC(C)c1ccccc1-c1nnc[nH]1. The van der Waals surface area contributed by atoms with Gasteiger partial charge in [0.25, 0.3) is 0 Å². The Morgan fingerprint density at radius 3 is 2.64 bits per heavy atom. The second-order valence-electron chi connectivity index (χ2n) is 3.58. The smallest absolute Gasteiger partial charge is 0.161 e. The molecule has 1 heterocycles. The van der Waals surface area contributed by atoms with E-state index < -0.39 is 0 Å². The molecule has 14 heavy (non-hydrogen) atoms. The molecule has 1 aromatic carbocycles. The normalized spacial score (nSPS) is 10.8. The summed E-state index contributed by atoms with van der Waals surface area (Å²) in [7, 11) is 0. The molecule has 1 aromatic heterocycles. The quantitative estimate of drug-likeness (QED) is 0.785. The van der Waals surface area contributed by atoms with Gasteiger partial charge in [-0.3, -0.25) is 0 Å². The summed E-state index contributed by atoms with van der Waals surface area (Å²) in [6.45, 7) is 4.35. The second-order valence-corrected chi connectivity index (χ2v) is 3.58. The van der Waals surface area contributed by atoms with E-state index in [1.165, 1.54) is 5.56 Å². The minimum atomic E-state index is 0.497. The zero-order valence-corrected chi connectivity index (χ0v) is 8.36. The number of hydrogen-bond donors (Lipinski definition) is 1. The number of hydrogen-bond acceptors (Lipinski definition) is 2. The summed E-state index contributed by atoms with van der Waals surface area (Å²) in [6, 6.07) is 8.26. The predicted octanol–water partition coefficient (Wildman–Crippen LogP) is 2.60. The van der Waals surface area contributed by atoms with Crippen LogP contribution in [0.4, 0.5) is 0 Å². The lowest BCUT2D eigenvalue weighted by molar-refractivity contribution is 0.866. The molecule has 0 fully saturated rings. The minimum absolute atomic E-state index is 0.497. The second kappa shape index (κ2) is 3.62. The van der Waals surface area contributed by atoms with Gasteiger partial charge in [0.2, 0.25) is 0 Å². The van der Waals surface area contributed by atoms with E-state index in [2.05, 4.69) is 47.2 Å². The highest BCUT2D eigenvalue weighted by molar-refractivity contribution is 5.60. The number of rotatable bonds is 2. The zero-order chi connectivity index (χ0) is 9.97. The van der Waals surface area contributed by atoms with Crippen molar-refractivity contribution in [1.82, 2.24) is 15.2 Å². The average Bonchev–Trinajstić information content (AvgIpc) is 2.70. The molecule has 0 aliphatic heterocycles. The molecule has 0 radical (unpaired) electrons. The first-order valence-electron chi connectivity index (χ1n) is 4.74. The first kappa shape index (κ1) is 8.94. The summed E-state index contributed by atoms with van der Waals surface area (Å²) >= 11 is 0. The van der Waals surface area contributed by atoms with Crippen LogP contribution in [0.5, 0.6) is 0 Å². The molecule has 2 aromatic rings. The number of nitrogens with one attached hydrogen (secondary N) is 1. The molecule has 3 heteroatoms. The van der Waals surface area contributed by atoms with E-state index in [0.717, 1.165) is 11.4 Å². The van der Waals surface area contributed by atoms with Crippen LogP contribution in [0.25, 0.3) is 11.4 Å². The molecule has 0 amide bonds. The molecule has 0 atom stereocenters. The lowest BCUT2D eigenvalue weighted by Crippen LogP contribution is -1.93. The van der Waals surface area contributed by atoms with Crippen LogP contribution in [0, 0.1) is 0 Å². The van der Waals surface area contributed by atoms with Crippen LogP contribution in [0.15, 0.2) is 30.6 Å². The van der Waals surface area contributed by atoms with Crippen molar-refractivity contribution in [2.24, 2.45) is 0 Å². The van der Waals surface area contributed by atoms with Gasteiger partial charge in [-0.1, -0.05) is 38.1 Å². The predicted molar refractivity (Wildman–Crippen MR) is 55.9 cm³/mol. The van der Waals surface area contributed by atoms with Crippen molar-refractivity contribution in [3.05, 3.63) is 36.2 Å². The van der Waals surface area contributed by atoms with Crippen molar-refractivity contribution < 1.29 is 0 Å². The third-order valence-electron chi connectivity index (χ3n) is 2.25. The maximum atomic E-state index is 4.02. The summed E-state index contributed by atoms with van der Waals surface area (Å²) in [4.78, 5) is 3.03. The Morgan fingerprint density at radius 1 is 1.21 bits per heavy atom. The number of aromatic amines is 1. The van der Waals surface area contributed by atoms with Crippen LogP contribution >= 0.6 is 0 Å². The van der Waals surface area contributed by atoms with Crippen LogP contribution < -0.4 is 0 Å². The van der Waals surface area contributed by atoms with E-state index in [0.29, 0.717) is 5.92 Å². The van der Waals surface area contributed by atoms with Gasteiger partial charge in [0, 0.05) is 5.56 Å². The topological polar surface area (TPSA) is 41.6 Å². The summed E-state index contributed by atoms with van der Waals surface area (Å²) < 4.78 is 0. The van der Waals surface area contributed by atoms with Crippen molar-refractivity contribution in [2.75, 3.05) is 0 Å². The van der Waals surface area contributed by atoms with Crippen molar-refractivity contribution in [3.63, 3.8) is 0 Å². The van der Waals surface area contributed by atoms with E-state index in [1.54, 1.807) is 6.33 Å². The lowest BCUT2D eigenvalue weighted by Gasteiger charge is -2.09. The monoisotopic (exact) mass is 187 g/mol. The van der Waals surface area contributed by atoms with Crippen LogP contribution in [-0.4, -0.2) is 15.2 Å². The third-order valence-corrected chi connectivity index (χ3v) is 2.25. The van der Waals surface area contributed by atoms with Crippen LogP contribution in [-0.2, 0) is 0 Å². The lowest BCUT2D eigenvalue weighted by atomic mass is 9.97. The van der Waals surface area contributed by atoms with Gasteiger partial charge in [-0.05, 0) is 11.5 Å². The van der Waals surface area contributed by atoms with E-state index in [1.807, 2.05) is 6.07 Å². The van der Waals surface area contributed by atoms with Gasteiger partial charge in [-0.25, -0.2) is 0 Å². The highest BCUT2D eigenvalue weighted by atomic mass is 15.2. The van der Waals surface area contributed by atoms with Gasteiger partial charge in [-0.15, -0.1) is 10.2 Å². The Kier molecular flexibility index (Phi) is 2.31. The van der Waals surface area contributed by atoms with Gasteiger partial charge in [0.05, 0.1) is 0 Å². The van der Waals surface area contributed by atoms with E-state index in [4.69, 9.17) is 0 Å². The van der Waals surface area contributed by atoms with Crippen LogP contribution in [0.3, 0.4) is 0 Å². The molecule has 0 saturated carbocycles. The van der Waals surface area contributed by atoms with Crippen molar-refractivity contribution in [2.45, 2.75) is 19.8 Å². The largest absolute Gasteiger partial charge is 0.328 e. The van der Waals surface area contributed by atoms with E-state index in [-0.39, 0.29) is 0 Å². The number of nitrogens with zero attached hydrogens (tertiary/aromatic N) is 2. The molecular weight excluding hydrogens is 174 g/mol. The summed E-state index contributed by atoms with van der Waals surface area (Å²) in [5.74, 6) is 1.34. The highest BCUT2D eigenvalue weighted by Gasteiger charge is 2.09. The van der Waals surface area contributed by atoms with Gasteiger partial charge in [-0.2, -0.15) is 0 Å². The number of benzene rings is 1. The van der Waals surface area contributed by atoms with Crippen molar-refractivity contribution in [1.29, 1.82) is 0 Å². The van der Waals surface area contributed by atoms with Crippen LogP contribution in [0.1, 0.15) is 25.3 Å². The summed E-state index contributed by atoms with van der Waals surface area (Å²) in [5, 5.41) is 7.82. The minimum Gasteiger partial charge on any atom is -0.328 e. The third kappa shape index (κ3) is 1.53. The summed E-state index contributed by atoms with van der Waals surface area (Å²) in [5.41, 5.74) is 2.43. The molecule has 1 N–H and O–H groups in total. The molecule has 0 unspecified atom stereocenters. The average molecular weight is 187 g/mol. The fourth-order valence-corrected chi connectivity index (χ4v) is 1.55. The molecule has 3 nitrogen and oxygen atoms in total. The maximum absolute atomic E-state index is 4.02. The molecule has 0 saturated heterocycles.